The largest absolute Gasteiger partial charge is 0.481 e. The minimum absolute atomic E-state index is 0.0649. The van der Waals surface area contributed by atoms with Crippen molar-refractivity contribution in [3.63, 3.8) is 0 Å². The maximum Gasteiger partial charge on any atom is 0.306 e. The first-order valence-corrected chi connectivity index (χ1v) is 6.85. The number of carboxylic acids is 1. The molecule has 2 atom stereocenters. The number of hydrogen-bond donors (Lipinski definition) is 2. The summed E-state index contributed by atoms with van der Waals surface area (Å²) in [7, 11) is 0. The van der Waals surface area contributed by atoms with Crippen LogP contribution >= 0.6 is 0 Å². The highest BCUT2D eigenvalue weighted by Crippen LogP contribution is 2.27. The van der Waals surface area contributed by atoms with Gasteiger partial charge in [-0.05, 0) is 32.1 Å². The SMILES string of the molecule is NC1CCCC(C(=O)N2CCC(C(=O)O)CC2)C1. The lowest BCUT2D eigenvalue weighted by Gasteiger charge is -2.35. The molecule has 0 aromatic rings. The lowest BCUT2D eigenvalue weighted by Crippen LogP contribution is -2.45. The van der Waals surface area contributed by atoms with Crippen molar-refractivity contribution in [1.82, 2.24) is 4.90 Å². The Morgan fingerprint density at radius 1 is 1.06 bits per heavy atom. The molecule has 18 heavy (non-hydrogen) atoms. The van der Waals surface area contributed by atoms with Crippen LogP contribution in [0.3, 0.4) is 0 Å². The first kappa shape index (κ1) is 13.3. The van der Waals surface area contributed by atoms with Crippen LogP contribution in [0.4, 0.5) is 0 Å². The highest BCUT2D eigenvalue weighted by atomic mass is 16.4. The lowest BCUT2D eigenvalue weighted by atomic mass is 9.84. The molecule has 2 aliphatic rings. The van der Waals surface area contributed by atoms with Gasteiger partial charge in [-0.2, -0.15) is 0 Å². The monoisotopic (exact) mass is 254 g/mol. The van der Waals surface area contributed by atoms with Crippen LogP contribution < -0.4 is 5.73 Å². The molecule has 1 saturated carbocycles. The summed E-state index contributed by atoms with van der Waals surface area (Å²) in [4.78, 5) is 25.0. The van der Waals surface area contributed by atoms with Crippen molar-refractivity contribution < 1.29 is 14.7 Å². The molecule has 2 fully saturated rings. The van der Waals surface area contributed by atoms with Gasteiger partial charge in [0.25, 0.3) is 0 Å². The molecule has 0 aromatic carbocycles. The van der Waals surface area contributed by atoms with Crippen molar-refractivity contribution in [1.29, 1.82) is 0 Å². The summed E-state index contributed by atoms with van der Waals surface area (Å²) in [5.74, 6) is -0.756. The third-order valence-electron chi connectivity index (χ3n) is 4.22. The number of rotatable bonds is 2. The Bertz CT molecular complexity index is 324. The zero-order chi connectivity index (χ0) is 13.1. The van der Waals surface area contributed by atoms with Crippen molar-refractivity contribution in [2.24, 2.45) is 17.6 Å². The second-order valence-electron chi connectivity index (χ2n) is 5.56. The summed E-state index contributed by atoms with van der Waals surface area (Å²) in [6.45, 7) is 1.17. The Labute approximate surface area is 107 Å². The van der Waals surface area contributed by atoms with E-state index in [-0.39, 0.29) is 23.8 Å². The summed E-state index contributed by atoms with van der Waals surface area (Å²) in [5.41, 5.74) is 5.91. The van der Waals surface area contributed by atoms with Gasteiger partial charge < -0.3 is 15.7 Å². The summed E-state index contributed by atoms with van der Waals surface area (Å²) >= 11 is 0. The van der Waals surface area contributed by atoms with Gasteiger partial charge in [0.2, 0.25) is 5.91 Å². The highest BCUT2D eigenvalue weighted by Gasteiger charge is 2.32. The molecule has 5 nitrogen and oxygen atoms in total. The molecule has 0 bridgehead atoms. The molecule has 5 heteroatoms. The average molecular weight is 254 g/mol. The predicted octanol–water partition coefficient (Wildman–Crippen LogP) is 0.827. The van der Waals surface area contributed by atoms with Gasteiger partial charge in [0.05, 0.1) is 5.92 Å². The maximum atomic E-state index is 12.3. The molecule has 0 radical (unpaired) electrons. The van der Waals surface area contributed by atoms with Crippen molar-refractivity contribution in [3.05, 3.63) is 0 Å². The van der Waals surface area contributed by atoms with E-state index in [2.05, 4.69) is 0 Å². The van der Waals surface area contributed by atoms with Gasteiger partial charge in [0.15, 0.2) is 0 Å². The molecule has 1 heterocycles. The van der Waals surface area contributed by atoms with Gasteiger partial charge in [-0.3, -0.25) is 9.59 Å². The van der Waals surface area contributed by atoms with Gasteiger partial charge in [-0.25, -0.2) is 0 Å². The van der Waals surface area contributed by atoms with E-state index < -0.39 is 5.97 Å². The Balaban J connectivity index is 1.85. The minimum atomic E-state index is -0.734. The fourth-order valence-corrected chi connectivity index (χ4v) is 3.06. The van der Waals surface area contributed by atoms with Gasteiger partial charge in [0, 0.05) is 25.0 Å². The number of amides is 1. The standard InChI is InChI=1S/C13H22N2O3/c14-11-3-1-2-10(8-11)12(16)15-6-4-9(5-7-15)13(17)18/h9-11H,1-8,14H2,(H,17,18). The van der Waals surface area contributed by atoms with Gasteiger partial charge in [0.1, 0.15) is 0 Å². The van der Waals surface area contributed by atoms with Crippen LogP contribution in [0.25, 0.3) is 0 Å². The fraction of sp³-hybridized carbons (Fsp3) is 0.846. The number of nitrogens with zero attached hydrogens (tertiary/aromatic N) is 1. The van der Waals surface area contributed by atoms with Crippen LogP contribution in [0.15, 0.2) is 0 Å². The van der Waals surface area contributed by atoms with Crippen LogP contribution in [-0.4, -0.2) is 41.0 Å². The molecule has 1 amide bonds. The van der Waals surface area contributed by atoms with E-state index in [1.54, 1.807) is 0 Å². The van der Waals surface area contributed by atoms with E-state index in [0.717, 1.165) is 25.7 Å². The molecular weight excluding hydrogens is 232 g/mol. The predicted molar refractivity (Wildman–Crippen MR) is 66.9 cm³/mol. The summed E-state index contributed by atoms with van der Waals surface area (Å²) in [5, 5.41) is 8.93. The maximum absolute atomic E-state index is 12.3. The van der Waals surface area contributed by atoms with Gasteiger partial charge in [-0.1, -0.05) is 6.42 Å². The summed E-state index contributed by atoms with van der Waals surface area (Å²) in [6, 6.07) is 0.157. The van der Waals surface area contributed by atoms with Crippen LogP contribution in [-0.2, 0) is 9.59 Å². The first-order chi connectivity index (χ1) is 8.58. The van der Waals surface area contributed by atoms with Crippen LogP contribution in [0.2, 0.25) is 0 Å². The quantitative estimate of drug-likeness (QED) is 0.764. The number of carbonyl (C=O) groups excluding carboxylic acids is 1. The Kier molecular flexibility index (Phi) is 4.22. The number of carbonyl (C=O) groups is 2. The molecule has 0 aromatic heterocycles. The van der Waals surface area contributed by atoms with E-state index in [9.17, 15) is 9.59 Å². The Morgan fingerprint density at radius 2 is 1.72 bits per heavy atom. The fourth-order valence-electron chi connectivity index (χ4n) is 3.06. The molecular formula is C13H22N2O3. The number of aliphatic carboxylic acids is 1. The molecule has 3 N–H and O–H groups in total. The minimum Gasteiger partial charge on any atom is -0.481 e. The smallest absolute Gasteiger partial charge is 0.306 e. The third kappa shape index (κ3) is 3.02. The summed E-state index contributed by atoms with van der Waals surface area (Å²) in [6.07, 6.45) is 4.94. The molecule has 0 spiro atoms. The number of carboxylic acid groups (broad SMARTS) is 1. The number of likely N-dealkylation sites (tertiary alicyclic amines) is 1. The van der Waals surface area contributed by atoms with E-state index in [1.807, 2.05) is 4.90 Å². The molecule has 102 valence electrons. The lowest BCUT2D eigenvalue weighted by molar-refractivity contribution is -0.147. The number of nitrogens with two attached hydrogens (primary N) is 1. The Hall–Kier alpha value is -1.10. The molecule has 2 rings (SSSR count). The van der Waals surface area contributed by atoms with Crippen LogP contribution in [0.1, 0.15) is 38.5 Å². The number of hydrogen-bond acceptors (Lipinski definition) is 3. The average Bonchev–Trinajstić information content (AvgIpc) is 2.38. The zero-order valence-electron chi connectivity index (χ0n) is 10.7. The highest BCUT2D eigenvalue weighted by molar-refractivity contribution is 5.79. The number of piperidine rings is 1. The van der Waals surface area contributed by atoms with E-state index in [1.165, 1.54) is 0 Å². The van der Waals surface area contributed by atoms with Crippen molar-refractivity contribution in [3.8, 4) is 0 Å². The van der Waals surface area contributed by atoms with Gasteiger partial charge in [-0.15, -0.1) is 0 Å². The second-order valence-corrected chi connectivity index (χ2v) is 5.56. The molecule has 1 aliphatic heterocycles. The van der Waals surface area contributed by atoms with E-state index >= 15 is 0 Å². The third-order valence-corrected chi connectivity index (χ3v) is 4.22. The normalized spacial score (nSPS) is 30.2. The molecule has 1 saturated heterocycles. The van der Waals surface area contributed by atoms with Crippen molar-refractivity contribution in [2.75, 3.05) is 13.1 Å². The summed E-state index contributed by atoms with van der Waals surface area (Å²) < 4.78 is 0. The topological polar surface area (TPSA) is 83.6 Å². The van der Waals surface area contributed by atoms with E-state index in [0.29, 0.717) is 25.9 Å². The van der Waals surface area contributed by atoms with Crippen LogP contribution in [0.5, 0.6) is 0 Å². The second kappa shape index (κ2) is 5.69. The zero-order valence-corrected chi connectivity index (χ0v) is 10.7. The van der Waals surface area contributed by atoms with Crippen molar-refractivity contribution in [2.45, 2.75) is 44.6 Å². The first-order valence-electron chi connectivity index (χ1n) is 6.85. The van der Waals surface area contributed by atoms with E-state index in [4.69, 9.17) is 10.8 Å². The Morgan fingerprint density at radius 3 is 2.28 bits per heavy atom. The van der Waals surface area contributed by atoms with Gasteiger partial charge >= 0.3 is 5.97 Å². The van der Waals surface area contributed by atoms with Crippen LogP contribution in [0, 0.1) is 11.8 Å². The van der Waals surface area contributed by atoms with Crippen molar-refractivity contribution >= 4 is 11.9 Å². The molecule has 2 unspecified atom stereocenters. The molecule has 1 aliphatic carbocycles.